The molecule has 2 aliphatic heterocycles. The first-order valence-electron chi connectivity index (χ1n) is 9.07. The summed E-state index contributed by atoms with van der Waals surface area (Å²) in [6.45, 7) is 1.56. The van der Waals surface area contributed by atoms with Crippen LogP contribution in [0.3, 0.4) is 0 Å². The van der Waals surface area contributed by atoms with Crippen molar-refractivity contribution in [2.24, 2.45) is 5.73 Å². The molecule has 0 spiro atoms. The van der Waals surface area contributed by atoms with E-state index in [4.69, 9.17) is 5.73 Å². The van der Waals surface area contributed by atoms with Gasteiger partial charge < -0.3 is 15.4 Å². The summed E-state index contributed by atoms with van der Waals surface area (Å²) in [6, 6.07) is 6.32. The first-order valence-corrected chi connectivity index (χ1v) is 9.07. The number of aromatic nitrogens is 5. The van der Waals surface area contributed by atoms with E-state index in [-0.39, 0.29) is 11.5 Å². The molecule has 2 aromatic heterocycles. The van der Waals surface area contributed by atoms with E-state index in [2.05, 4.69) is 42.6 Å². The molecule has 140 valence electrons. The number of primary amides is 1. The number of benzene rings is 1. The van der Waals surface area contributed by atoms with Crippen molar-refractivity contribution in [1.29, 1.82) is 0 Å². The van der Waals surface area contributed by atoms with E-state index in [0.717, 1.165) is 29.8 Å². The number of hydrogen-bond acceptors (Lipinski definition) is 5. The topological polar surface area (TPSA) is 123 Å². The Labute approximate surface area is 160 Å². The van der Waals surface area contributed by atoms with E-state index < -0.39 is 11.5 Å². The molecule has 4 heterocycles. The summed E-state index contributed by atoms with van der Waals surface area (Å²) < 4.78 is 2.06. The molecule has 2 bridgehead atoms. The van der Waals surface area contributed by atoms with Crippen LogP contribution in [0.25, 0.3) is 11.4 Å². The number of imidazole rings is 1. The average Bonchev–Trinajstić information content (AvgIpc) is 3.27. The van der Waals surface area contributed by atoms with Gasteiger partial charge >= 0.3 is 0 Å². The van der Waals surface area contributed by atoms with Crippen molar-refractivity contribution in [2.45, 2.75) is 37.3 Å². The molecule has 8 nitrogen and oxygen atoms in total. The molecule has 1 fully saturated rings. The van der Waals surface area contributed by atoms with Gasteiger partial charge in [-0.05, 0) is 43.4 Å². The average molecular weight is 374 g/mol. The lowest BCUT2D eigenvalue weighted by atomic mass is 9.75. The van der Waals surface area contributed by atoms with Crippen LogP contribution in [0.5, 0.6) is 0 Å². The Bertz CT molecular complexity index is 1140. The predicted molar refractivity (Wildman–Crippen MR) is 100 cm³/mol. The Morgan fingerprint density at radius 1 is 1.43 bits per heavy atom. The van der Waals surface area contributed by atoms with E-state index >= 15 is 0 Å². The first kappa shape index (κ1) is 16.7. The number of carbonyl (C=O) groups is 1. The molecule has 28 heavy (non-hydrogen) atoms. The highest BCUT2D eigenvalue weighted by Crippen LogP contribution is 2.51. The lowest BCUT2D eigenvalue weighted by molar-refractivity contribution is 0.0995. The number of aliphatic hydroxyl groups is 1. The SMILES string of the molecule is C[C@@](O)(C#Cc1ccc2c(c1)-c1nc(C(N)=O)cn1C1CC2C1)c1ncn[nH]1. The van der Waals surface area contributed by atoms with Crippen molar-refractivity contribution in [2.75, 3.05) is 0 Å². The maximum absolute atomic E-state index is 11.6. The van der Waals surface area contributed by atoms with Crippen LogP contribution in [0.2, 0.25) is 0 Å². The van der Waals surface area contributed by atoms with Crippen molar-refractivity contribution in [3.63, 3.8) is 0 Å². The minimum Gasteiger partial charge on any atom is -0.371 e. The molecular formula is C20H18N6O2. The lowest BCUT2D eigenvalue weighted by Crippen LogP contribution is -2.22. The third-order valence-electron chi connectivity index (χ3n) is 5.55. The fourth-order valence-corrected chi connectivity index (χ4v) is 3.94. The standard InChI is InChI=1S/C20H18N6O2/c1-20(28,19-22-10-23-25-19)5-4-11-2-3-14-12-7-13(8-12)26-9-16(17(21)27)24-18(26)15(14)6-11/h2-3,6,9-10,12-13,28H,7-8H2,1H3,(H2,21,27)(H,22,23,25)/t12?,13?,20-/m1/s1. The lowest BCUT2D eigenvalue weighted by Gasteiger charge is -2.34. The normalized spacial score (nSPS) is 21.2. The van der Waals surface area contributed by atoms with Gasteiger partial charge in [0.1, 0.15) is 17.8 Å². The molecule has 1 atom stereocenters. The van der Waals surface area contributed by atoms with Crippen LogP contribution in [0.4, 0.5) is 0 Å². The van der Waals surface area contributed by atoms with Crippen LogP contribution in [0.1, 0.15) is 59.2 Å². The third-order valence-corrected chi connectivity index (χ3v) is 5.55. The van der Waals surface area contributed by atoms with E-state index in [9.17, 15) is 9.90 Å². The Balaban J connectivity index is 1.58. The number of aromatic amines is 1. The second-order valence-electron chi connectivity index (χ2n) is 7.50. The van der Waals surface area contributed by atoms with Crippen molar-refractivity contribution in [3.05, 3.63) is 53.4 Å². The third kappa shape index (κ3) is 2.52. The quantitative estimate of drug-likeness (QED) is 0.586. The highest BCUT2D eigenvalue weighted by atomic mass is 16.3. The van der Waals surface area contributed by atoms with E-state index in [1.54, 1.807) is 13.1 Å². The molecule has 3 aliphatic rings. The Kier molecular flexibility index (Phi) is 3.45. The number of nitrogens with one attached hydrogen (secondary N) is 1. The zero-order valence-electron chi connectivity index (χ0n) is 15.2. The summed E-state index contributed by atoms with van der Waals surface area (Å²) in [5, 5.41) is 16.9. The minimum absolute atomic E-state index is 0.274. The molecule has 0 saturated heterocycles. The van der Waals surface area contributed by atoms with Crippen LogP contribution in [-0.2, 0) is 5.60 Å². The van der Waals surface area contributed by atoms with Crippen LogP contribution >= 0.6 is 0 Å². The van der Waals surface area contributed by atoms with Gasteiger partial charge in [-0.15, -0.1) is 0 Å². The maximum Gasteiger partial charge on any atom is 0.268 e. The van der Waals surface area contributed by atoms with Crippen LogP contribution < -0.4 is 5.73 Å². The van der Waals surface area contributed by atoms with E-state index in [1.807, 2.05) is 12.1 Å². The zero-order chi connectivity index (χ0) is 19.5. The van der Waals surface area contributed by atoms with Gasteiger partial charge in [0.15, 0.2) is 11.4 Å². The molecule has 4 N–H and O–H groups in total. The van der Waals surface area contributed by atoms with Crippen LogP contribution in [0, 0.1) is 11.8 Å². The molecule has 0 unspecified atom stereocenters. The second-order valence-corrected chi connectivity index (χ2v) is 7.50. The van der Waals surface area contributed by atoms with E-state index in [1.165, 1.54) is 11.9 Å². The highest BCUT2D eigenvalue weighted by molar-refractivity contribution is 5.91. The summed E-state index contributed by atoms with van der Waals surface area (Å²) >= 11 is 0. The molecule has 6 rings (SSSR count). The predicted octanol–water partition coefficient (Wildman–Crippen LogP) is 1.46. The maximum atomic E-state index is 11.6. The summed E-state index contributed by atoms with van der Waals surface area (Å²) in [4.78, 5) is 20.1. The van der Waals surface area contributed by atoms with Gasteiger partial charge in [0.05, 0.1) is 0 Å². The molecule has 1 aliphatic carbocycles. The highest BCUT2D eigenvalue weighted by Gasteiger charge is 2.39. The Hall–Kier alpha value is -3.44. The molecule has 8 heteroatoms. The van der Waals surface area contributed by atoms with Crippen LogP contribution in [-0.4, -0.2) is 35.7 Å². The number of H-pyrrole nitrogens is 1. The molecule has 1 saturated carbocycles. The molecule has 1 aromatic carbocycles. The van der Waals surface area contributed by atoms with Crippen molar-refractivity contribution >= 4 is 5.91 Å². The van der Waals surface area contributed by atoms with Gasteiger partial charge in [0.25, 0.3) is 5.91 Å². The van der Waals surface area contributed by atoms with Crippen molar-refractivity contribution in [1.82, 2.24) is 24.7 Å². The smallest absolute Gasteiger partial charge is 0.268 e. The first-order chi connectivity index (χ1) is 13.4. The molecule has 0 radical (unpaired) electrons. The fourth-order valence-electron chi connectivity index (χ4n) is 3.94. The molecular weight excluding hydrogens is 356 g/mol. The van der Waals surface area contributed by atoms with Crippen LogP contribution in [0.15, 0.2) is 30.7 Å². The summed E-state index contributed by atoms with van der Waals surface area (Å²) in [7, 11) is 0. The van der Waals surface area contributed by atoms with Gasteiger partial charge in [-0.3, -0.25) is 9.89 Å². The summed E-state index contributed by atoms with van der Waals surface area (Å²) in [5.74, 6) is 6.85. The van der Waals surface area contributed by atoms with Gasteiger partial charge in [-0.25, -0.2) is 9.97 Å². The minimum atomic E-state index is -1.44. The number of rotatable bonds is 2. The monoisotopic (exact) mass is 374 g/mol. The Morgan fingerprint density at radius 2 is 2.25 bits per heavy atom. The van der Waals surface area contributed by atoms with E-state index in [0.29, 0.717) is 12.0 Å². The zero-order valence-corrected chi connectivity index (χ0v) is 15.2. The molecule has 3 aromatic rings. The largest absolute Gasteiger partial charge is 0.371 e. The van der Waals surface area contributed by atoms with Gasteiger partial charge in [0, 0.05) is 23.4 Å². The van der Waals surface area contributed by atoms with Crippen molar-refractivity contribution in [3.8, 4) is 23.2 Å². The molecule has 1 amide bonds. The van der Waals surface area contributed by atoms with Gasteiger partial charge in [-0.1, -0.05) is 17.9 Å². The second kappa shape index (κ2) is 5.78. The number of nitrogens with two attached hydrogens (primary N) is 1. The number of hydrogen-bond donors (Lipinski definition) is 3. The number of nitrogens with zero attached hydrogens (tertiary/aromatic N) is 4. The van der Waals surface area contributed by atoms with Crippen molar-refractivity contribution < 1.29 is 9.90 Å². The number of amides is 1. The fraction of sp³-hybridized carbons (Fsp3) is 0.300. The van der Waals surface area contributed by atoms with Gasteiger partial charge in [0.2, 0.25) is 0 Å². The summed E-state index contributed by atoms with van der Waals surface area (Å²) in [5.41, 5.74) is 7.19. The Morgan fingerprint density at radius 3 is 2.96 bits per heavy atom. The van der Waals surface area contributed by atoms with Gasteiger partial charge in [-0.2, -0.15) is 5.10 Å². The number of carbonyl (C=O) groups excluding carboxylic acids is 1. The summed E-state index contributed by atoms with van der Waals surface area (Å²) in [6.07, 6.45) is 5.14.